The van der Waals surface area contributed by atoms with Gasteiger partial charge in [0.25, 0.3) is 0 Å². The Balaban J connectivity index is 2.89. The third-order valence-corrected chi connectivity index (χ3v) is 2.10. The van der Waals surface area contributed by atoms with Crippen LogP contribution in [0.2, 0.25) is 0 Å². The largest absolute Gasteiger partial charge is 0.393 e. The minimum absolute atomic E-state index is 0.394. The van der Waals surface area contributed by atoms with Gasteiger partial charge in [0.1, 0.15) is 11.4 Å². The van der Waals surface area contributed by atoms with E-state index in [1.165, 1.54) is 25.1 Å². The van der Waals surface area contributed by atoms with Crippen LogP contribution in [0.1, 0.15) is 6.92 Å². The highest BCUT2D eigenvalue weighted by Crippen LogP contribution is 2.15. The zero-order valence-corrected chi connectivity index (χ0v) is 8.33. The first-order chi connectivity index (χ1) is 6.98. The average molecular weight is 212 g/mol. The maximum Gasteiger partial charge on any atom is 0.245 e. The Labute approximate surface area is 86.9 Å². The van der Waals surface area contributed by atoms with Crippen molar-refractivity contribution in [2.24, 2.45) is 5.73 Å². The van der Waals surface area contributed by atoms with Crippen LogP contribution in [0, 0.1) is 5.82 Å². The molecule has 0 spiro atoms. The second-order valence-corrected chi connectivity index (χ2v) is 3.49. The minimum atomic E-state index is -1.28. The van der Waals surface area contributed by atoms with Crippen LogP contribution in [0.4, 0.5) is 10.1 Å². The van der Waals surface area contributed by atoms with Crippen molar-refractivity contribution in [3.05, 3.63) is 30.1 Å². The smallest absolute Gasteiger partial charge is 0.245 e. The van der Waals surface area contributed by atoms with Crippen LogP contribution in [-0.2, 0) is 4.79 Å². The number of rotatable bonds is 4. The molecular formula is C10H13FN2O2. The van der Waals surface area contributed by atoms with Gasteiger partial charge in [0.05, 0.1) is 6.61 Å². The lowest BCUT2D eigenvalue weighted by molar-refractivity contribution is -0.122. The summed E-state index contributed by atoms with van der Waals surface area (Å²) >= 11 is 0. The Bertz CT molecular complexity index is 370. The molecule has 0 bridgehead atoms. The Morgan fingerprint density at radius 3 is 2.80 bits per heavy atom. The summed E-state index contributed by atoms with van der Waals surface area (Å²) in [6.07, 6.45) is 0. The summed E-state index contributed by atoms with van der Waals surface area (Å²) in [5.41, 5.74) is 4.22. The maximum atomic E-state index is 12.8. The molecule has 1 aromatic carbocycles. The van der Waals surface area contributed by atoms with Crippen molar-refractivity contribution in [1.29, 1.82) is 0 Å². The monoisotopic (exact) mass is 212 g/mol. The van der Waals surface area contributed by atoms with Gasteiger partial charge < -0.3 is 16.2 Å². The maximum absolute atomic E-state index is 12.8. The quantitative estimate of drug-likeness (QED) is 0.679. The number of nitrogens with one attached hydrogen (secondary N) is 1. The molecule has 15 heavy (non-hydrogen) atoms. The van der Waals surface area contributed by atoms with Crippen LogP contribution in [0.15, 0.2) is 24.3 Å². The van der Waals surface area contributed by atoms with Crippen molar-refractivity contribution in [2.45, 2.75) is 12.5 Å². The molecule has 4 N–H and O–H groups in total. The topological polar surface area (TPSA) is 75.3 Å². The standard InChI is InChI=1S/C10H13FN2O2/c1-10(6-14,9(12)15)13-8-4-2-3-7(11)5-8/h2-5,13-14H,6H2,1H3,(H2,12,15). The van der Waals surface area contributed by atoms with Gasteiger partial charge in [-0.05, 0) is 25.1 Å². The number of nitrogens with two attached hydrogens (primary N) is 1. The molecule has 0 saturated heterocycles. The minimum Gasteiger partial charge on any atom is -0.393 e. The van der Waals surface area contributed by atoms with Crippen LogP contribution < -0.4 is 11.1 Å². The molecule has 1 unspecified atom stereocenters. The van der Waals surface area contributed by atoms with Crippen LogP contribution >= 0.6 is 0 Å². The Morgan fingerprint density at radius 2 is 2.33 bits per heavy atom. The highest BCUT2D eigenvalue weighted by Gasteiger charge is 2.29. The lowest BCUT2D eigenvalue weighted by atomic mass is 10.0. The molecule has 1 amide bonds. The number of anilines is 1. The SMILES string of the molecule is CC(CO)(Nc1cccc(F)c1)C(N)=O. The lowest BCUT2D eigenvalue weighted by Crippen LogP contribution is -2.50. The highest BCUT2D eigenvalue weighted by molar-refractivity contribution is 5.87. The molecule has 1 atom stereocenters. The molecule has 4 nitrogen and oxygen atoms in total. The van der Waals surface area contributed by atoms with Gasteiger partial charge in [-0.25, -0.2) is 4.39 Å². The predicted octanol–water partition coefficient (Wildman–Crippen LogP) is 0.474. The van der Waals surface area contributed by atoms with E-state index in [2.05, 4.69) is 5.32 Å². The van der Waals surface area contributed by atoms with Gasteiger partial charge in [-0.1, -0.05) is 6.07 Å². The molecular weight excluding hydrogens is 199 g/mol. The van der Waals surface area contributed by atoms with Crippen molar-refractivity contribution in [1.82, 2.24) is 0 Å². The van der Waals surface area contributed by atoms with E-state index in [1.807, 2.05) is 0 Å². The third-order valence-electron chi connectivity index (χ3n) is 2.10. The van der Waals surface area contributed by atoms with E-state index in [0.29, 0.717) is 5.69 Å². The first-order valence-corrected chi connectivity index (χ1v) is 4.42. The summed E-state index contributed by atoms with van der Waals surface area (Å²) in [7, 11) is 0. The molecule has 0 aliphatic carbocycles. The summed E-state index contributed by atoms with van der Waals surface area (Å²) in [6.45, 7) is 0.985. The van der Waals surface area contributed by atoms with Crippen LogP contribution in [-0.4, -0.2) is 23.2 Å². The van der Waals surface area contributed by atoms with Crippen molar-refractivity contribution >= 4 is 11.6 Å². The van der Waals surface area contributed by atoms with Gasteiger partial charge in [0, 0.05) is 5.69 Å². The Hall–Kier alpha value is -1.62. The summed E-state index contributed by atoms with van der Waals surface area (Å²) < 4.78 is 12.8. The zero-order valence-electron chi connectivity index (χ0n) is 8.33. The van der Waals surface area contributed by atoms with Crippen LogP contribution in [0.5, 0.6) is 0 Å². The zero-order chi connectivity index (χ0) is 11.5. The fourth-order valence-corrected chi connectivity index (χ4v) is 1.06. The summed E-state index contributed by atoms with van der Waals surface area (Å²) in [6, 6.07) is 5.58. The number of hydrogen-bond donors (Lipinski definition) is 3. The molecule has 1 aromatic rings. The summed E-state index contributed by atoms with van der Waals surface area (Å²) in [5, 5.41) is 11.7. The molecule has 0 saturated carbocycles. The molecule has 5 heteroatoms. The molecule has 0 aliphatic heterocycles. The predicted molar refractivity (Wildman–Crippen MR) is 54.7 cm³/mol. The number of aliphatic hydroxyl groups is 1. The van der Waals surface area contributed by atoms with Gasteiger partial charge in [-0.2, -0.15) is 0 Å². The summed E-state index contributed by atoms with van der Waals surface area (Å²) in [5.74, 6) is -1.13. The van der Waals surface area contributed by atoms with E-state index in [-0.39, 0.29) is 0 Å². The normalized spacial score (nSPS) is 14.3. The number of carbonyl (C=O) groups is 1. The van der Waals surface area contributed by atoms with E-state index >= 15 is 0 Å². The third kappa shape index (κ3) is 2.66. The number of benzene rings is 1. The molecule has 0 radical (unpaired) electrons. The number of halogens is 1. The first kappa shape index (κ1) is 11.5. The molecule has 1 rings (SSSR count). The van der Waals surface area contributed by atoms with Crippen molar-refractivity contribution in [3.8, 4) is 0 Å². The van der Waals surface area contributed by atoms with Crippen molar-refractivity contribution < 1.29 is 14.3 Å². The van der Waals surface area contributed by atoms with Crippen molar-refractivity contribution in [2.75, 3.05) is 11.9 Å². The fourth-order valence-electron chi connectivity index (χ4n) is 1.06. The number of carbonyl (C=O) groups excluding carboxylic acids is 1. The number of hydrogen-bond acceptors (Lipinski definition) is 3. The molecule has 82 valence electrons. The van der Waals surface area contributed by atoms with E-state index in [0.717, 1.165) is 0 Å². The number of amides is 1. The van der Waals surface area contributed by atoms with Gasteiger partial charge in [-0.15, -0.1) is 0 Å². The fraction of sp³-hybridized carbons (Fsp3) is 0.300. The van der Waals surface area contributed by atoms with E-state index in [1.54, 1.807) is 6.07 Å². The number of aliphatic hydroxyl groups excluding tert-OH is 1. The molecule has 0 fully saturated rings. The van der Waals surface area contributed by atoms with E-state index in [4.69, 9.17) is 10.8 Å². The van der Waals surface area contributed by atoms with Gasteiger partial charge in [0.15, 0.2) is 0 Å². The average Bonchev–Trinajstić information content (AvgIpc) is 2.17. The van der Waals surface area contributed by atoms with Crippen molar-refractivity contribution in [3.63, 3.8) is 0 Å². The lowest BCUT2D eigenvalue weighted by Gasteiger charge is -2.26. The number of primary amides is 1. The Morgan fingerprint density at radius 1 is 1.67 bits per heavy atom. The van der Waals surface area contributed by atoms with Gasteiger partial charge >= 0.3 is 0 Å². The van der Waals surface area contributed by atoms with Crippen LogP contribution in [0.3, 0.4) is 0 Å². The second-order valence-electron chi connectivity index (χ2n) is 3.49. The van der Waals surface area contributed by atoms with Gasteiger partial charge in [0.2, 0.25) is 5.91 Å². The van der Waals surface area contributed by atoms with E-state index in [9.17, 15) is 9.18 Å². The molecule has 0 aliphatic rings. The summed E-state index contributed by atoms with van der Waals surface area (Å²) in [4.78, 5) is 11.0. The molecule has 0 aromatic heterocycles. The van der Waals surface area contributed by atoms with E-state index < -0.39 is 23.9 Å². The highest BCUT2D eigenvalue weighted by atomic mass is 19.1. The first-order valence-electron chi connectivity index (χ1n) is 4.42. The van der Waals surface area contributed by atoms with Crippen LogP contribution in [0.25, 0.3) is 0 Å². The van der Waals surface area contributed by atoms with Gasteiger partial charge in [-0.3, -0.25) is 4.79 Å². The Kier molecular flexibility index (Phi) is 3.26. The molecule has 0 heterocycles. The second kappa shape index (κ2) is 4.27.